The summed E-state index contributed by atoms with van der Waals surface area (Å²) in [6, 6.07) is 3.81. The molecule has 22 heavy (non-hydrogen) atoms. The van der Waals surface area contributed by atoms with E-state index in [4.69, 9.17) is 9.26 Å². The van der Waals surface area contributed by atoms with Crippen LogP contribution in [0.4, 0.5) is 0 Å². The van der Waals surface area contributed by atoms with Crippen molar-refractivity contribution in [2.24, 2.45) is 0 Å². The average Bonchev–Trinajstić information content (AvgIpc) is 3.22. The molecule has 1 N–H and O–H groups in total. The molecule has 0 aliphatic carbocycles. The molecular formula is C15H18N4O3. The van der Waals surface area contributed by atoms with Crippen LogP contribution in [0.5, 0.6) is 0 Å². The molecule has 1 fully saturated rings. The molecule has 7 heteroatoms. The van der Waals surface area contributed by atoms with Gasteiger partial charge in [0, 0.05) is 25.4 Å². The summed E-state index contributed by atoms with van der Waals surface area (Å²) in [5, 5.41) is 6.65. The van der Waals surface area contributed by atoms with E-state index in [0.717, 1.165) is 25.0 Å². The van der Waals surface area contributed by atoms with Crippen molar-refractivity contribution in [2.45, 2.75) is 38.3 Å². The van der Waals surface area contributed by atoms with Crippen molar-refractivity contribution in [2.75, 3.05) is 6.61 Å². The predicted molar refractivity (Wildman–Crippen MR) is 76.6 cm³/mol. The van der Waals surface area contributed by atoms with Gasteiger partial charge < -0.3 is 14.6 Å². The first-order valence-electron chi connectivity index (χ1n) is 7.41. The van der Waals surface area contributed by atoms with Crippen molar-refractivity contribution in [1.29, 1.82) is 0 Å². The van der Waals surface area contributed by atoms with Gasteiger partial charge >= 0.3 is 0 Å². The van der Waals surface area contributed by atoms with Crippen molar-refractivity contribution in [3.8, 4) is 0 Å². The summed E-state index contributed by atoms with van der Waals surface area (Å²) >= 11 is 0. The lowest BCUT2D eigenvalue weighted by Gasteiger charge is -2.03. The first kappa shape index (κ1) is 14.6. The van der Waals surface area contributed by atoms with Crippen molar-refractivity contribution in [1.82, 2.24) is 20.4 Å². The Hall–Kier alpha value is -2.28. The second-order valence-corrected chi connectivity index (χ2v) is 5.18. The molecule has 3 heterocycles. The fourth-order valence-corrected chi connectivity index (χ4v) is 2.32. The van der Waals surface area contributed by atoms with E-state index in [9.17, 15) is 4.79 Å². The van der Waals surface area contributed by atoms with Gasteiger partial charge in [-0.15, -0.1) is 0 Å². The van der Waals surface area contributed by atoms with Crippen molar-refractivity contribution >= 4 is 5.91 Å². The minimum Gasteiger partial charge on any atom is -0.368 e. The maximum absolute atomic E-state index is 11.8. The summed E-state index contributed by atoms with van der Waals surface area (Å²) < 4.78 is 10.6. The Kier molecular flexibility index (Phi) is 4.75. The van der Waals surface area contributed by atoms with E-state index in [1.807, 2.05) is 12.1 Å². The number of ether oxygens (including phenoxy) is 1. The SMILES string of the molecule is O=C(CCc1ccncc1)NCc1noc([C@H]2CCCO2)n1. The number of pyridine rings is 1. The minimum absolute atomic E-state index is 0.0414. The van der Waals surface area contributed by atoms with Gasteiger partial charge in [-0.25, -0.2) is 0 Å². The second-order valence-electron chi connectivity index (χ2n) is 5.18. The third kappa shape index (κ3) is 3.88. The lowest BCUT2D eigenvalue weighted by atomic mass is 10.1. The highest BCUT2D eigenvalue weighted by Gasteiger charge is 2.23. The predicted octanol–water partition coefficient (Wildman–Crippen LogP) is 1.57. The summed E-state index contributed by atoms with van der Waals surface area (Å²) in [5.41, 5.74) is 1.09. The number of aryl methyl sites for hydroxylation is 1. The van der Waals surface area contributed by atoms with Crippen LogP contribution in [0, 0.1) is 0 Å². The normalized spacial score (nSPS) is 17.5. The van der Waals surface area contributed by atoms with E-state index in [2.05, 4.69) is 20.4 Å². The number of carbonyl (C=O) groups is 1. The van der Waals surface area contributed by atoms with Crippen LogP contribution in [-0.4, -0.2) is 27.6 Å². The zero-order valence-corrected chi connectivity index (χ0v) is 12.2. The van der Waals surface area contributed by atoms with E-state index in [-0.39, 0.29) is 18.6 Å². The third-order valence-electron chi connectivity index (χ3n) is 3.52. The number of amides is 1. The number of nitrogens with one attached hydrogen (secondary N) is 1. The maximum Gasteiger partial charge on any atom is 0.255 e. The Morgan fingerprint density at radius 3 is 3.00 bits per heavy atom. The summed E-state index contributed by atoms with van der Waals surface area (Å²) in [6.45, 7) is 1.000. The minimum atomic E-state index is -0.0939. The van der Waals surface area contributed by atoms with Crippen LogP contribution in [0.3, 0.4) is 0 Å². The van der Waals surface area contributed by atoms with Crippen LogP contribution < -0.4 is 5.32 Å². The Morgan fingerprint density at radius 2 is 2.23 bits per heavy atom. The molecule has 1 amide bonds. The Bertz CT molecular complexity index is 608. The topological polar surface area (TPSA) is 90.1 Å². The van der Waals surface area contributed by atoms with E-state index in [1.54, 1.807) is 12.4 Å². The van der Waals surface area contributed by atoms with Gasteiger partial charge in [-0.3, -0.25) is 9.78 Å². The average molecular weight is 302 g/mol. The van der Waals surface area contributed by atoms with Gasteiger partial charge in [0.05, 0.1) is 6.54 Å². The number of hydrogen-bond acceptors (Lipinski definition) is 6. The van der Waals surface area contributed by atoms with Crippen LogP contribution in [0.25, 0.3) is 0 Å². The molecular weight excluding hydrogens is 284 g/mol. The van der Waals surface area contributed by atoms with Crippen molar-refractivity contribution < 1.29 is 14.1 Å². The molecule has 0 saturated carbocycles. The van der Waals surface area contributed by atoms with Crippen molar-refractivity contribution in [3.63, 3.8) is 0 Å². The van der Waals surface area contributed by atoms with Crippen LogP contribution in [0.15, 0.2) is 29.0 Å². The monoisotopic (exact) mass is 302 g/mol. The highest BCUT2D eigenvalue weighted by atomic mass is 16.5. The lowest BCUT2D eigenvalue weighted by molar-refractivity contribution is -0.121. The van der Waals surface area contributed by atoms with Crippen molar-refractivity contribution in [3.05, 3.63) is 41.8 Å². The molecule has 0 aromatic carbocycles. The zero-order chi connectivity index (χ0) is 15.2. The third-order valence-corrected chi connectivity index (χ3v) is 3.52. The summed E-state index contributed by atoms with van der Waals surface area (Å²) in [6.07, 6.45) is 6.36. The van der Waals surface area contributed by atoms with Gasteiger partial charge in [-0.1, -0.05) is 5.16 Å². The highest BCUT2D eigenvalue weighted by Crippen LogP contribution is 2.26. The molecule has 1 aliphatic rings. The molecule has 2 aromatic rings. The summed E-state index contributed by atoms with van der Waals surface area (Å²) in [4.78, 5) is 20.0. The zero-order valence-electron chi connectivity index (χ0n) is 12.2. The van der Waals surface area contributed by atoms with Crippen LogP contribution >= 0.6 is 0 Å². The standard InChI is InChI=1S/C15H18N4O3/c20-14(4-3-11-5-7-16-8-6-11)17-10-13-18-15(22-19-13)12-2-1-9-21-12/h5-8,12H,1-4,9-10H2,(H,17,20)/t12-/m1/s1. The highest BCUT2D eigenvalue weighted by molar-refractivity contribution is 5.76. The number of rotatable bonds is 6. The molecule has 3 rings (SSSR count). The quantitative estimate of drug-likeness (QED) is 0.871. The number of hydrogen-bond donors (Lipinski definition) is 1. The fourth-order valence-electron chi connectivity index (χ4n) is 2.32. The van der Waals surface area contributed by atoms with Gasteiger partial charge in [0.25, 0.3) is 5.89 Å². The summed E-state index contributed by atoms with van der Waals surface area (Å²) in [5.74, 6) is 0.932. The molecule has 7 nitrogen and oxygen atoms in total. The van der Waals surface area contributed by atoms with E-state index in [1.165, 1.54) is 0 Å². The molecule has 0 unspecified atom stereocenters. The molecule has 1 saturated heterocycles. The molecule has 116 valence electrons. The van der Waals surface area contributed by atoms with Crippen LogP contribution in [0.2, 0.25) is 0 Å². The molecule has 0 spiro atoms. The van der Waals surface area contributed by atoms with E-state index in [0.29, 0.717) is 24.6 Å². The Labute approximate surface area is 128 Å². The second kappa shape index (κ2) is 7.13. The van der Waals surface area contributed by atoms with E-state index < -0.39 is 0 Å². The first-order valence-corrected chi connectivity index (χ1v) is 7.41. The molecule has 1 atom stereocenters. The van der Waals surface area contributed by atoms with Gasteiger partial charge in [0.15, 0.2) is 5.82 Å². The van der Waals surface area contributed by atoms with Gasteiger partial charge in [-0.2, -0.15) is 4.98 Å². The number of nitrogens with zero attached hydrogens (tertiary/aromatic N) is 3. The largest absolute Gasteiger partial charge is 0.368 e. The smallest absolute Gasteiger partial charge is 0.255 e. The van der Waals surface area contributed by atoms with Crippen LogP contribution in [-0.2, 0) is 22.5 Å². The van der Waals surface area contributed by atoms with Gasteiger partial charge in [0.2, 0.25) is 5.91 Å². The number of carbonyl (C=O) groups excluding carboxylic acids is 1. The molecule has 0 radical (unpaired) electrons. The summed E-state index contributed by atoms with van der Waals surface area (Å²) in [7, 11) is 0. The Balaban J connectivity index is 1.43. The van der Waals surface area contributed by atoms with E-state index >= 15 is 0 Å². The molecule has 2 aromatic heterocycles. The fraction of sp³-hybridized carbons (Fsp3) is 0.467. The van der Waals surface area contributed by atoms with Crippen LogP contribution in [0.1, 0.15) is 42.6 Å². The number of aromatic nitrogens is 3. The lowest BCUT2D eigenvalue weighted by Crippen LogP contribution is -2.23. The first-order chi connectivity index (χ1) is 10.8. The maximum atomic E-state index is 11.8. The van der Waals surface area contributed by atoms with Gasteiger partial charge in [0.1, 0.15) is 6.10 Å². The van der Waals surface area contributed by atoms with Gasteiger partial charge in [-0.05, 0) is 37.0 Å². The molecule has 0 bridgehead atoms. The Morgan fingerprint density at radius 1 is 1.36 bits per heavy atom. The molecule has 1 aliphatic heterocycles.